The second kappa shape index (κ2) is 6.06. The Hall–Kier alpha value is -1.02. The molecule has 2 heteroatoms. The average Bonchev–Trinajstić information content (AvgIpc) is 2.84. The molecule has 2 nitrogen and oxygen atoms in total. The highest BCUT2D eigenvalue weighted by molar-refractivity contribution is 5.27. The molecule has 0 radical (unpaired) electrons. The maximum absolute atomic E-state index is 5.89. The zero-order valence-electron chi connectivity index (χ0n) is 10.9. The van der Waals surface area contributed by atoms with E-state index in [0.717, 1.165) is 18.3 Å². The van der Waals surface area contributed by atoms with Crippen LogP contribution in [0.4, 0.5) is 0 Å². The summed E-state index contributed by atoms with van der Waals surface area (Å²) in [5, 5.41) is 3.40. The Bertz CT molecular complexity index is 345. The topological polar surface area (TPSA) is 21.3 Å². The molecule has 0 aliphatic heterocycles. The molecule has 1 aromatic carbocycles. The minimum Gasteiger partial charge on any atom is -0.492 e. The normalized spacial score (nSPS) is 18.2. The number of hydrogen-bond acceptors (Lipinski definition) is 2. The van der Waals surface area contributed by atoms with Gasteiger partial charge in [-0.05, 0) is 50.4 Å². The average molecular weight is 233 g/mol. The van der Waals surface area contributed by atoms with Crippen molar-refractivity contribution in [1.82, 2.24) is 5.32 Å². The van der Waals surface area contributed by atoms with Crippen LogP contribution in [0.2, 0.25) is 0 Å². The van der Waals surface area contributed by atoms with E-state index in [1.165, 1.54) is 31.2 Å². The van der Waals surface area contributed by atoms with Crippen LogP contribution < -0.4 is 10.1 Å². The number of benzene rings is 1. The number of aryl methyl sites for hydroxylation is 1. The van der Waals surface area contributed by atoms with Gasteiger partial charge in [0.05, 0.1) is 0 Å². The van der Waals surface area contributed by atoms with Crippen molar-refractivity contribution in [3.05, 3.63) is 29.8 Å². The largest absolute Gasteiger partial charge is 0.492 e. The van der Waals surface area contributed by atoms with Crippen molar-refractivity contribution in [2.75, 3.05) is 13.7 Å². The highest BCUT2D eigenvalue weighted by atomic mass is 16.5. The molecular weight excluding hydrogens is 210 g/mol. The van der Waals surface area contributed by atoms with Gasteiger partial charge in [-0.2, -0.15) is 0 Å². The predicted octanol–water partition coefficient (Wildman–Crippen LogP) is 3.15. The van der Waals surface area contributed by atoms with Crippen LogP contribution in [0.15, 0.2) is 24.3 Å². The van der Waals surface area contributed by atoms with Gasteiger partial charge in [0.15, 0.2) is 0 Å². The van der Waals surface area contributed by atoms with Gasteiger partial charge in [-0.3, -0.25) is 0 Å². The summed E-state index contributed by atoms with van der Waals surface area (Å²) in [6.45, 7) is 2.88. The van der Waals surface area contributed by atoms with E-state index in [1.807, 2.05) is 13.1 Å². The van der Waals surface area contributed by atoms with Crippen LogP contribution in [-0.4, -0.2) is 19.7 Å². The van der Waals surface area contributed by atoms with Crippen LogP contribution in [0.1, 0.15) is 31.2 Å². The van der Waals surface area contributed by atoms with Gasteiger partial charge in [0.2, 0.25) is 0 Å². The van der Waals surface area contributed by atoms with Gasteiger partial charge >= 0.3 is 0 Å². The molecule has 1 unspecified atom stereocenters. The van der Waals surface area contributed by atoms with Gasteiger partial charge in [-0.1, -0.05) is 25.0 Å². The number of ether oxygens (including phenoxy) is 1. The van der Waals surface area contributed by atoms with Crippen molar-refractivity contribution in [1.29, 1.82) is 0 Å². The summed E-state index contributed by atoms with van der Waals surface area (Å²) in [4.78, 5) is 0. The van der Waals surface area contributed by atoms with Crippen molar-refractivity contribution in [2.45, 2.75) is 38.6 Å². The molecule has 1 fully saturated rings. The summed E-state index contributed by atoms with van der Waals surface area (Å²) in [7, 11) is 2.04. The van der Waals surface area contributed by atoms with Crippen LogP contribution >= 0.6 is 0 Å². The lowest BCUT2D eigenvalue weighted by molar-refractivity contribution is 0.225. The lowest BCUT2D eigenvalue weighted by atomic mass is 9.99. The first-order chi connectivity index (χ1) is 8.29. The molecule has 1 aliphatic rings. The molecule has 94 valence electrons. The molecule has 1 saturated carbocycles. The van der Waals surface area contributed by atoms with Crippen LogP contribution in [0.3, 0.4) is 0 Å². The molecule has 1 aromatic rings. The van der Waals surface area contributed by atoms with Crippen LogP contribution in [-0.2, 0) is 0 Å². The Morgan fingerprint density at radius 2 is 2.12 bits per heavy atom. The molecule has 0 amide bonds. The summed E-state index contributed by atoms with van der Waals surface area (Å²) in [6, 6.07) is 8.78. The molecule has 1 N–H and O–H groups in total. The molecule has 17 heavy (non-hydrogen) atoms. The standard InChI is InChI=1S/C15H23NO/c1-12-6-5-9-14(10-12)17-11-15(16-2)13-7-3-4-8-13/h5-6,9-10,13,15-16H,3-4,7-8,11H2,1-2H3. The van der Waals surface area contributed by atoms with Gasteiger partial charge in [0.25, 0.3) is 0 Å². The monoisotopic (exact) mass is 233 g/mol. The van der Waals surface area contributed by atoms with Crippen molar-refractivity contribution in [2.24, 2.45) is 5.92 Å². The second-order valence-corrected chi connectivity index (χ2v) is 5.07. The van der Waals surface area contributed by atoms with Crippen LogP contribution in [0.25, 0.3) is 0 Å². The highest BCUT2D eigenvalue weighted by Gasteiger charge is 2.24. The number of hydrogen-bond donors (Lipinski definition) is 1. The Morgan fingerprint density at radius 1 is 1.35 bits per heavy atom. The third-order valence-corrected chi connectivity index (χ3v) is 3.76. The van der Waals surface area contributed by atoms with Crippen molar-refractivity contribution >= 4 is 0 Å². The van der Waals surface area contributed by atoms with Gasteiger partial charge < -0.3 is 10.1 Å². The van der Waals surface area contributed by atoms with E-state index in [-0.39, 0.29) is 0 Å². The summed E-state index contributed by atoms with van der Waals surface area (Å²) in [5.41, 5.74) is 1.25. The first-order valence-corrected chi connectivity index (χ1v) is 6.66. The van der Waals surface area contributed by atoms with E-state index in [1.54, 1.807) is 0 Å². The van der Waals surface area contributed by atoms with Crippen molar-refractivity contribution in [3.8, 4) is 5.75 Å². The lowest BCUT2D eigenvalue weighted by Gasteiger charge is -2.23. The second-order valence-electron chi connectivity index (χ2n) is 5.07. The van der Waals surface area contributed by atoms with Crippen LogP contribution in [0.5, 0.6) is 5.75 Å². The highest BCUT2D eigenvalue weighted by Crippen LogP contribution is 2.28. The first-order valence-electron chi connectivity index (χ1n) is 6.66. The van der Waals surface area contributed by atoms with E-state index in [4.69, 9.17) is 4.74 Å². The first kappa shape index (κ1) is 12.4. The fraction of sp³-hybridized carbons (Fsp3) is 0.600. The fourth-order valence-corrected chi connectivity index (χ4v) is 2.71. The minimum atomic E-state index is 0.498. The smallest absolute Gasteiger partial charge is 0.119 e. The Labute approximate surface area is 104 Å². The quantitative estimate of drug-likeness (QED) is 0.843. The summed E-state index contributed by atoms with van der Waals surface area (Å²) < 4.78 is 5.89. The van der Waals surface area contributed by atoms with Crippen molar-refractivity contribution in [3.63, 3.8) is 0 Å². The molecule has 1 aliphatic carbocycles. The Kier molecular flexibility index (Phi) is 4.43. The maximum atomic E-state index is 5.89. The molecule has 0 saturated heterocycles. The minimum absolute atomic E-state index is 0.498. The van der Waals surface area contributed by atoms with Gasteiger partial charge in [0, 0.05) is 6.04 Å². The van der Waals surface area contributed by atoms with E-state index in [2.05, 4.69) is 30.4 Å². The van der Waals surface area contributed by atoms with E-state index >= 15 is 0 Å². The lowest BCUT2D eigenvalue weighted by Crippen LogP contribution is -2.37. The summed E-state index contributed by atoms with van der Waals surface area (Å²) in [6.07, 6.45) is 5.46. The Balaban J connectivity index is 1.87. The predicted molar refractivity (Wildman–Crippen MR) is 71.5 cm³/mol. The summed E-state index contributed by atoms with van der Waals surface area (Å²) in [5.74, 6) is 1.79. The molecule has 1 atom stereocenters. The maximum Gasteiger partial charge on any atom is 0.119 e. The molecule has 2 rings (SSSR count). The fourth-order valence-electron chi connectivity index (χ4n) is 2.71. The molecular formula is C15H23NO. The SMILES string of the molecule is CNC(COc1cccc(C)c1)C1CCCC1. The molecule has 0 spiro atoms. The van der Waals surface area contributed by atoms with Gasteiger partial charge in [-0.25, -0.2) is 0 Å². The zero-order chi connectivity index (χ0) is 12.1. The summed E-state index contributed by atoms with van der Waals surface area (Å²) >= 11 is 0. The van der Waals surface area contributed by atoms with Crippen LogP contribution in [0, 0.1) is 12.8 Å². The molecule has 0 bridgehead atoms. The van der Waals surface area contributed by atoms with E-state index in [0.29, 0.717) is 6.04 Å². The molecule has 0 aromatic heterocycles. The number of nitrogens with one attached hydrogen (secondary N) is 1. The molecule has 0 heterocycles. The zero-order valence-corrected chi connectivity index (χ0v) is 10.9. The van der Waals surface area contributed by atoms with E-state index < -0.39 is 0 Å². The van der Waals surface area contributed by atoms with Crippen molar-refractivity contribution < 1.29 is 4.74 Å². The van der Waals surface area contributed by atoms with Gasteiger partial charge in [-0.15, -0.1) is 0 Å². The third kappa shape index (κ3) is 3.47. The van der Waals surface area contributed by atoms with E-state index in [9.17, 15) is 0 Å². The third-order valence-electron chi connectivity index (χ3n) is 3.76. The number of rotatable bonds is 5. The Morgan fingerprint density at radius 3 is 2.76 bits per heavy atom. The van der Waals surface area contributed by atoms with Gasteiger partial charge in [0.1, 0.15) is 12.4 Å². The number of likely N-dealkylation sites (N-methyl/N-ethyl adjacent to an activating group) is 1.